The second kappa shape index (κ2) is 7.82. The Labute approximate surface area is 137 Å². The monoisotopic (exact) mass is 312 g/mol. The van der Waals surface area contributed by atoms with Crippen LogP contribution in [0, 0.1) is 13.8 Å². The minimum absolute atomic E-state index is 0.405. The number of unbranched alkanes of at least 4 members (excludes halogenated alkanes) is 2. The molecule has 0 saturated heterocycles. The number of hydrogen-bond acceptors (Lipinski definition) is 2. The summed E-state index contributed by atoms with van der Waals surface area (Å²) in [6.45, 7) is 6.12. The zero-order chi connectivity index (χ0) is 16.8. The number of benzene rings is 2. The van der Waals surface area contributed by atoms with Gasteiger partial charge in [0.2, 0.25) is 0 Å². The van der Waals surface area contributed by atoms with Crippen molar-refractivity contribution in [1.29, 1.82) is 0 Å². The van der Waals surface area contributed by atoms with Crippen LogP contribution in [0.1, 0.15) is 42.9 Å². The molecule has 0 aromatic heterocycles. The molecule has 2 aromatic rings. The van der Waals surface area contributed by atoms with Gasteiger partial charge in [-0.05, 0) is 60.6 Å². The Morgan fingerprint density at radius 1 is 1.00 bits per heavy atom. The first-order chi connectivity index (χ1) is 11.0. The zero-order valence-corrected chi connectivity index (χ0v) is 14.1. The summed E-state index contributed by atoms with van der Waals surface area (Å²) in [7, 11) is 0. The maximum Gasteiger partial charge on any atom is 0.511 e. The van der Waals surface area contributed by atoms with Crippen molar-refractivity contribution in [2.45, 2.75) is 46.5 Å². The molecule has 0 saturated carbocycles. The van der Waals surface area contributed by atoms with Crippen LogP contribution in [0.15, 0.2) is 36.4 Å². The molecule has 1 N–H and O–H groups in total. The Morgan fingerprint density at radius 2 is 1.74 bits per heavy atom. The molecule has 23 heavy (non-hydrogen) atoms. The fourth-order valence-electron chi connectivity index (χ4n) is 2.86. The van der Waals surface area contributed by atoms with Crippen LogP contribution >= 0.6 is 0 Å². The van der Waals surface area contributed by atoms with Gasteiger partial charge in [0, 0.05) is 0 Å². The molecule has 0 bridgehead atoms. The Hall–Kier alpha value is -2.29. The van der Waals surface area contributed by atoms with E-state index in [1.54, 1.807) is 6.07 Å². The van der Waals surface area contributed by atoms with Gasteiger partial charge >= 0.3 is 6.16 Å². The average molecular weight is 312 g/mol. The lowest BCUT2D eigenvalue weighted by atomic mass is 9.91. The molecule has 3 heteroatoms. The van der Waals surface area contributed by atoms with Gasteiger partial charge in [0.15, 0.2) is 0 Å². The minimum atomic E-state index is -1.28. The molecule has 0 fully saturated rings. The van der Waals surface area contributed by atoms with Crippen LogP contribution in [0.25, 0.3) is 11.1 Å². The van der Waals surface area contributed by atoms with Gasteiger partial charge in [-0.25, -0.2) is 4.79 Å². The van der Waals surface area contributed by atoms with Crippen molar-refractivity contribution in [2.75, 3.05) is 0 Å². The highest BCUT2D eigenvalue weighted by Crippen LogP contribution is 2.33. The Morgan fingerprint density at radius 3 is 2.43 bits per heavy atom. The SMILES string of the molecule is CCCCCc1ccccc1-c1ccc(OC(=O)O)c(C)c1C. The van der Waals surface area contributed by atoms with Crippen LogP contribution in [0.5, 0.6) is 5.75 Å². The highest BCUT2D eigenvalue weighted by Gasteiger charge is 2.13. The summed E-state index contributed by atoms with van der Waals surface area (Å²) < 4.78 is 4.84. The highest BCUT2D eigenvalue weighted by molar-refractivity contribution is 5.74. The molecule has 3 nitrogen and oxygen atoms in total. The van der Waals surface area contributed by atoms with E-state index >= 15 is 0 Å². The topological polar surface area (TPSA) is 46.5 Å². The number of carboxylic acid groups (broad SMARTS) is 1. The van der Waals surface area contributed by atoms with Crippen molar-refractivity contribution in [1.82, 2.24) is 0 Å². The van der Waals surface area contributed by atoms with Gasteiger partial charge in [-0.1, -0.05) is 50.1 Å². The summed E-state index contributed by atoms with van der Waals surface area (Å²) in [5, 5.41) is 8.81. The van der Waals surface area contributed by atoms with Crippen molar-refractivity contribution in [3.63, 3.8) is 0 Å². The second-order valence-corrected chi connectivity index (χ2v) is 5.84. The molecule has 0 spiro atoms. The molecule has 0 aliphatic rings. The van der Waals surface area contributed by atoms with E-state index in [9.17, 15) is 4.79 Å². The molecule has 0 radical (unpaired) electrons. The standard InChI is InChI=1S/C20H24O3/c1-4-5-6-9-16-10-7-8-11-18(16)17-12-13-19(23-20(21)22)15(3)14(17)2/h7-8,10-13H,4-6,9H2,1-3H3,(H,21,22). The third kappa shape index (κ3) is 4.13. The predicted molar refractivity (Wildman–Crippen MR) is 93.2 cm³/mol. The number of rotatable bonds is 6. The fraction of sp³-hybridized carbons (Fsp3) is 0.350. The number of carbonyl (C=O) groups is 1. The van der Waals surface area contributed by atoms with Crippen LogP contribution in [-0.4, -0.2) is 11.3 Å². The van der Waals surface area contributed by atoms with Gasteiger partial charge in [-0.15, -0.1) is 0 Å². The quantitative estimate of drug-likeness (QED) is 0.419. The molecule has 0 heterocycles. The van der Waals surface area contributed by atoms with Gasteiger partial charge in [-0.3, -0.25) is 0 Å². The molecule has 122 valence electrons. The smallest absolute Gasteiger partial charge is 0.449 e. The van der Waals surface area contributed by atoms with E-state index in [1.807, 2.05) is 19.9 Å². The lowest BCUT2D eigenvalue weighted by Crippen LogP contribution is -2.05. The summed E-state index contributed by atoms with van der Waals surface area (Å²) >= 11 is 0. The molecular weight excluding hydrogens is 288 g/mol. The summed E-state index contributed by atoms with van der Waals surface area (Å²) in [6.07, 6.45) is 3.42. The minimum Gasteiger partial charge on any atom is -0.449 e. The average Bonchev–Trinajstić information content (AvgIpc) is 2.53. The van der Waals surface area contributed by atoms with Gasteiger partial charge < -0.3 is 9.84 Å². The van der Waals surface area contributed by atoms with Crippen LogP contribution in [0.2, 0.25) is 0 Å². The summed E-state index contributed by atoms with van der Waals surface area (Å²) in [5.41, 5.74) is 5.65. The van der Waals surface area contributed by atoms with Gasteiger partial charge in [0.05, 0.1) is 0 Å². The van der Waals surface area contributed by atoms with Gasteiger partial charge in [0.1, 0.15) is 5.75 Å². The third-order valence-corrected chi connectivity index (χ3v) is 4.29. The van der Waals surface area contributed by atoms with E-state index in [-0.39, 0.29) is 0 Å². The van der Waals surface area contributed by atoms with E-state index in [0.717, 1.165) is 23.1 Å². The van der Waals surface area contributed by atoms with Gasteiger partial charge in [-0.2, -0.15) is 0 Å². The maximum atomic E-state index is 10.8. The second-order valence-electron chi connectivity index (χ2n) is 5.84. The molecule has 0 unspecified atom stereocenters. The Balaban J connectivity index is 2.39. The van der Waals surface area contributed by atoms with Crippen molar-refractivity contribution >= 4 is 6.16 Å². The summed E-state index contributed by atoms with van der Waals surface area (Å²) in [4.78, 5) is 10.8. The van der Waals surface area contributed by atoms with Crippen molar-refractivity contribution < 1.29 is 14.6 Å². The first-order valence-electron chi connectivity index (χ1n) is 8.13. The Bertz CT molecular complexity index is 689. The van der Waals surface area contributed by atoms with E-state index in [1.165, 1.54) is 30.4 Å². The van der Waals surface area contributed by atoms with Crippen molar-refractivity contribution in [3.8, 4) is 16.9 Å². The van der Waals surface area contributed by atoms with Gasteiger partial charge in [0.25, 0.3) is 0 Å². The molecule has 0 aliphatic carbocycles. The lowest BCUT2D eigenvalue weighted by Gasteiger charge is -2.15. The molecular formula is C20H24O3. The van der Waals surface area contributed by atoms with Crippen LogP contribution in [-0.2, 0) is 6.42 Å². The normalized spacial score (nSPS) is 10.6. The predicted octanol–water partition coefficient (Wildman–Crippen LogP) is 5.76. The largest absolute Gasteiger partial charge is 0.511 e. The molecule has 0 amide bonds. The number of ether oxygens (including phenoxy) is 1. The maximum absolute atomic E-state index is 10.8. The molecule has 2 aromatic carbocycles. The first kappa shape index (κ1) is 17.1. The van der Waals surface area contributed by atoms with Crippen molar-refractivity contribution in [2.24, 2.45) is 0 Å². The fourth-order valence-corrected chi connectivity index (χ4v) is 2.86. The van der Waals surface area contributed by atoms with E-state index < -0.39 is 6.16 Å². The van der Waals surface area contributed by atoms with E-state index in [2.05, 4.69) is 31.2 Å². The number of hydrogen-bond donors (Lipinski definition) is 1. The highest BCUT2D eigenvalue weighted by atomic mass is 16.7. The zero-order valence-electron chi connectivity index (χ0n) is 14.1. The number of aryl methyl sites for hydroxylation is 1. The van der Waals surface area contributed by atoms with Crippen molar-refractivity contribution in [3.05, 3.63) is 53.1 Å². The Kier molecular flexibility index (Phi) is 5.80. The van der Waals surface area contributed by atoms with E-state index in [4.69, 9.17) is 9.84 Å². The van der Waals surface area contributed by atoms with Crippen LogP contribution in [0.3, 0.4) is 0 Å². The third-order valence-electron chi connectivity index (χ3n) is 4.29. The van der Waals surface area contributed by atoms with Crippen LogP contribution in [0.4, 0.5) is 4.79 Å². The van der Waals surface area contributed by atoms with E-state index in [0.29, 0.717) is 5.75 Å². The summed E-state index contributed by atoms with van der Waals surface area (Å²) in [6, 6.07) is 12.2. The molecule has 0 atom stereocenters. The molecule has 0 aliphatic heterocycles. The molecule has 2 rings (SSSR count). The lowest BCUT2D eigenvalue weighted by molar-refractivity contribution is 0.144. The summed E-state index contributed by atoms with van der Waals surface area (Å²) in [5.74, 6) is 0.405. The first-order valence-corrected chi connectivity index (χ1v) is 8.13. The van der Waals surface area contributed by atoms with Crippen LogP contribution < -0.4 is 4.74 Å².